The number of aromatic nitrogens is 3. The number of hydrogen-bond donors (Lipinski definition) is 3. The molecular formula is C26H24N6O3. The number of rotatable bonds is 8. The van der Waals surface area contributed by atoms with Crippen LogP contribution in [-0.2, 0) is 13.0 Å². The molecule has 0 aliphatic rings. The van der Waals surface area contributed by atoms with Crippen LogP contribution < -0.4 is 21.3 Å². The lowest BCUT2D eigenvalue weighted by Gasteiger charge is -2.21. The molecule has 1 amide bonds. The molecule has 0 spiro atoms. The molecule has 35 heavy (non-hydrogen) atoms. The number of aromatic amines is 1. The summed E-state index contributed by atoms with van der Waals surface area (Å²) < 4.78 is 6.94. The third-order valence-electron chi connectivity index (χ3n) is 5.71. The van der Waals surface area contributed by atoms with Gasteiger partial charge in [-0.05, 0) is 47.4 Å². The van der Waals surface area contributed by atoms with Gasteiger partial charge in [-0.2, -0.15) is 10.4 Å². The van der Waals surface area contributed by atoms with E-state index >= 15 is 0 Å². The average Bonchev–Trinajstić information content (AvgIpc) is 3.31. The zero-order valence-corrected chi connectivity index (χ0v) is 19.1. The maximum atomic E-state index is 12.9. The van der Waals surface area contributed by atoms with Gasteiger partial charge >= 0.3 is 0 Å². The van der Waals surface area contributed by atoms with Crippen molar-refractivity contribution in [3.05, 3.63) is 111 Å². The number of pyridine rings is 1. The minimum Gasteiger partial charge on any atom is -0.497 e. The number of nitrogens with one attached hydrogen (secondary N) is 2. The Hall–Kier alpha value is -4.84. The number of carbonyl (C=O) groups is 1. The second-order valence-electron chi connectivity index (χ2n) is 7.96. The van der Waals surface area contributed by atoms with Crippen molar-refractivity contribution in [3.63, 3.8) is 0 Å². The standard InChI is InChI=1S/C26H24N6O3/c1-35-21-10-9-19(14-27)20(12-21)13-23(30-26(34)22-15-29-31-25(22)28)18-7-5-17(6-8-18)16-32-11-3-2-4-24(32)33/h2-12,15,23H,13,16H2,1H3,(H,30,34)(H3,28,29,31). The number of anilines is 1. The number of ether oxygens (including phenoxy) is 1. The summed E-state index contributed by atoms with van der Waals surface area (Å²) in [6.45, 7) is 0.428. The Morgan fingerprint density at radius 1 is 1.23 bits per heavy atom. The summed E-state index contributed by atoms with van der Waals surface area (Å²) in [7, 11) is 1.56. The van der Waals surface area contributed by atoms with E-state index in [1.807, 2.05) is 30.3 Å². The van der Waals surface area contributed by atoms with E-state index in [1.54, 1.807) is 42.1 Å². The molecule has 1 unspecified atom stereocenters. The first-order valence-corrected chi connectivity index (χ1v) is 10.9. The van der Waals surface area contributed by atoms with Crippen molar-refractivity contribution in [2.45, 2.75) is 19.0 Å². The van der Waals surface area contributed by atoms with Crippen molar-refractivity contribution in [1.82, 2.24) is 20.1 Å². The van der Waals surface area contributed by atoms with E-state index in [-0.39, 0.29) is 22.8 Å². The van der Waals surface area contributed by atoms with Gasteiger partial charge in [0.05, 0.1) is 31.3 Å². The summed E-state index contributed by atoms with van der Waals surface area (Å²) in [5, 5.41) is 19.0. The van der Waals surface area contributed by atoms with Gasteiger partial charge in [-0.25, -0.2) is 0 Å². The molecule has 9 nitrogen and oxygen atoms in total. The van der Waals surface area contributed by atoms with E-state index in [9.17, 15) is 14.9 Å². The lowest BCUT2D eigenvalue weighted by molar-refractivity contribution is 0.0937. The number of methoxy groups -OCH3 is 1. The van der Waals surface area contributed by atoms with Crippen LogP contribution in [0.4, 0.5) is 5.82 Å². The molecule has 0 aliphatic carbocycles. The van der Waals surface area contributed by atoms with Crippen LogP contribution in [0.3, 0.4) is 0 Å². The van der Waals surface area contributed by atoms with Crippen molar-refractivity contribution >= 4 is 11.7 Å². The van der Waals surface area contributed by atoms with Crippen LogP contribution in [-0.4, -0.2) is 27.8 Å². The van der Waals surface area contributed by atoms with E-state index < -0.39 is 6.04 Å². The smallest absolute Gasteiger partial charge is 0.257 e. The van der Waals surface area contributed by atoms with E-state index in [0.29, 0.717) is 24.3 Å². The maximum absolute atomic E-state index is 12.9. The number of benzene rings is 2. The third-order valence-corrected chi connectivity index (χ3v) is 5.71. The first-order chi connectivity index (χ1) is 17.0. The Morgan fingerprint density at radius 3 is 2.69 bits per heavy atom. The molecule has 0 fully saturated rings. The molecule has 0 saturated carbocycles. The van der Waals surface area contributed by atoms with Crippen molar-refractivity contribution in [2.24, 2.45) is 0 Å². The van der Waals surface area contributed by atoms with Crippen LogP contribution >= 0.6 is 0 Å². The van der Waals surface area contributed by atoms with Crippen molar-refractivity contribution in [2.75, 3.05) is 12.8 Å². The Morgan fingerprint density at radius 2 is 2.03 bits per heavy atom. The second-order valence-corrected chi connectivity index (χ2v) is 7.96. The maximum Gasteiger partial charge on any atom is 0.257 e. The molecule has 4 rings (SSSR count). The lowest BCUT2D eigenvalue weighted by atomic mass is 9.94. The van der Waals surface area contributed by atoms with E-state index in [1.165, 1.54) is 12.3 Å². The SMILES string of the molecule is COc1ccc(C#N)c(CC(NC(=O)c2c[nH]nc2N)c2ccc(Cn3ccccc3=O)cc2)c1. The Balaban J connectivity index is 1.64. The fraction of sp³-hybridized carbons (Fsp3) is 0.154. The molecule has 4 N–H and O–H groups in total. The number of nitrogens with zero attached hydrogens (tertiary/aromatic N) is 3. The summed E-state index contributed by atoms with van der Waals surface area (Å²) >= 11 is 0. The highest BCUT2D eigenvalue weighted by Gasteiger charge is 2.21. The molecule has 2 heterocycles. The van der Waals surface area contributed by atoms with Crippen LogP contribution in [0.1, 0.15) is 38.7 Å². The molecule has 2 aromatic heterocycles. The number of H-pyrrole nitrogens is 1. The number of amides is 1. The van der Waals surface area contributed by atoms with Gasteiger partial charge in [0, 0.05) is 18.5 Å². The molecule has 0 radical (unpaired) electrons. The van der Waals surface area contributed by atoms with Gasteiger partial charge in [0.1, 0.15) is 11.3 Å². The van der Waals surface area contributed by atoms with Gasteiger partial charge in [-0.1, -0.05) is 30.3 Å². The number of hydrogen-bond acceptors (Lipinski definition) is 6. The molecule has 0 saturated heterocycles. The molecule has 9 heteroatoms. The van der Waals surface area contributed by atoms with E-state index in [0.717, 1.165) is 16.7 Å². The Bertz CT molecular complexity index is 1430. The molecule has 0 aliphatic heterocycles. The minimum absolute atomic E-state index is 0.0820. The predicted octanol–water partition coefficient (Wildman–Crippen LogP) is 2.80. The Labute approximate surface area is 201 Å². The second kappa shape index (κ2) is 10.4. The van der Waals surface area contributed by atoms with Gasteiger partial charge in [0.25, 0.3) is 11.5 Å². The van der Waals surface area contributed by atoms with Gasteiger partial charge in [0.15, 0.2) is 5.82 Å². The van der Waals surface area contributed by atoms with Crippen LogP contribution in [0.2, 0.25) is 0 Å². The Kier molecular flexibility index (Phi) is 6.93. The molecule has 176 valence electrons. The first kappa shape index (κ1) is 23.3. The van der Waals surface area contributed by atoms with Gasteiger partial charge in [0.2, 0.25) is 0 Å². The van der Waals surface area contributed by atoms with Crippen LogP contribution in [0.25, 0.3) is 0 Å². The lowest BCUT2D eigenvalue weighted by Crippen LogP contribution is -2.30. The number of carbonyl (C=O) groups excluding carboxylic acids is 1. The number of nitriles is 1. The predicted molar refractivity (Wildman–Crippen MR) is 131 cm³/mol. The normalized spacial score (nSPS) is 11.4. The van der Waals surface area contributed by atoms with Crippen LogP contribution in [0.5, 0.6) is 5.75 Å². The highest BCUT2D eigenvalue weighted by atomic mass is 16.5. The first-order valence-electron chi connectivity index (χ1n) is 10.9. The topological polar surface area (TPSA) is 139 Å². The zero-order valence-electron chi connectivity index (χ0n) is 19.1. The highest BCUT2D eigenvalue weighted by Crippen LogP contribution is 2.25. The third kappa shape index (κ3) is 5.39. The van der Waals surface area contributed by atoms with Gasteiger partial charge in [-0.15, -0.1) is 0 Å². The summed E-state index contributed by atoms with van der Waals surface area (Å²) in [5.74, 6) is 0.332. The minimum atomic E-state index is -0.468. The van der Waals surface area contributed by atoms with Crippen molar-refractivity contribution in [1.29, 1.82) is 5.26 Å². The summed E-state index contributed by atoms with van der Waals surface area (Å²) in [5.41, 5.74) is 8.95. The largest absolute Gasteiger partial charge is 0.497 e. The molecule has 2 aromatic carbocycles. The fourth-order valence-corrected chi connectivity index (χ4v) is 3.81. The molecule has 4 aromatic rings. The molecule has 0 bridgehead atoms. The monoisotopic (exact) mass is 468 g/mol. The van der Waals surface area contributed by atoms with E-state index in [2.05, 4.69) is 21.6 Å². The summed E-state index contributed by atoms with van der Waals surface area (Å²) in [4.78, 5) is 25.0. The quantitative estimate of drug-likeness (QED) is 0.363. The average molecular weight is 469 g/mol. The highest BCUT2D eigenvalue weighted by molar-refractivity contribution is 5.98. The van der Waals surface area contributed by atoms with Crippen LogP contribution in [0, 0.1) is 11.3 Å². The summed E-state index contributed by atoms with van der Waals surface area (Å²) in [6, 6.07) is 19.6. The van der Waals surface area contributed by atoms with Crippen molar-refractivity contribution in [3.8, 4) is 11.8 Å². The van der Waals surface area contributed by atoms with E-state index in [4.69, 9.17) is 10.5 Å². The summed E-state index contributed by atoms with van der Waals surface area (Å²) in [6.07, 6.45) is 3.52. The number of nitrogen functional groups attached to an aromatic ring is 1. The zero-order chi connectivity index (χ0) is 24.8. The molecule has 1 atom stereocenters. The molecular weight excluding hydrogens is 444 g/mol. The fourth-order valence-electron chi connectivity index (χ4n) is 3.81. The van der Waals surface area contributed by atoms with Crippen molar-refractivity contribution < 1.29 is 9.53 Å². The van der Waals surface area contributed by atoms with Gasteiger partial charge in [-0.3, -0.25) is 14.7 Å². The van der Waals surface area contributed by atoms with Crippen LogP contribution in [0.15, 0.2) is 77.9 Å². The number of nitrogens with two attached hydrogens (primary N) is 1. The van der Waals surface area contributed by atoms with Gasteiger partial charge < -0.3 is 20.4 Å².